The van der Waals surface area contributed by atoms with Crippen LogP contribution in [0.3, 0.4) is 0 Å². The minimum Gasteiger partial charge on any atom is -0.508 e. The van der Waals surface area contributed by atoms with E-state index in [1.54, 1.807) is 6.07 Å². The van der Waals surface area contributed by atoms with Crippen molar-refractivity contribution >= 4 is 28.9 Å². The predicted molar refractivity (Wildman–Crippen MR) is 160 cm³/mol. The van der Waals surface area contributed by atoms with Crippen LogP contribution in [0.4, 0.5) is 5.69 Å². The number of hydrogen-bond acceptors (Lipinski definition) is 9. The fourth-order valence-electron chi connectivity index (χ4n) is 7.79. The number of nitrogens with two attached hydrogens (primary N) is 1. The first kappa shape index (κ1) is 31.6. The molecule has 10 nitrogen and oxygen atoms in total. The number of fused-ring (bicyclic) bond motifs is 3. The largest absolute Gasteiger partial charge is 0.508 e. The van der Waals surface area contributed by atoms with Crippen LogP contribution >= 0.6 is 0 Å². The third-order valence-electron chi connectivity index (χ3n) is 9.12. The van der Waals surface area contributed by atoms with Gasteiger partial charge in [0.25, 0.3) is 5.91 Å². The summed E-state index contributed by atoms with van der Waals surface area (Å²) in [5.74, 6) is -6.30. The van der Waals surface area contributed by atoms with E-state index in [-0.39, 0.29) is 47.1 Å². The smallest absolute Gasteiger partial charge is 0.255 e. The van der Waals surface area contributed by atoms with Gasteiger partial charge in [0, 0.05) is 49.8 Å². The Bertz CT molecular complexity index is 1420. The van der Waals surface area contributed by atoms with Gasteiger partial charge in [-0.25, -0.2) is 0 Å². The molecule has 0 aliphatic heterocycles. The number of amides is 1. The Morgan fingerprint density at radius 1 is 1.10 bits per heavy atom. The highest BCUT2D eigenvalue weighted by atomic mass is 16.3. The first-order chi connectivity index (χ1) is 19.3. The number of aliphatic hydroxyl groups excluding tert-OH is 2. The van der Waals surface area contributed by atoms with Crippen LogP contribution in [0.25, 0.3) is 5.76 Å². The molecule has 0 spiro atoms. The van der Waals surface area contributed by atoms with Crippen LogP contribution in [0, 0.1) is 17.3 Å². The van der Waals surface area contributed by atoms with Crippen molar-refractivity contribution < 1.29 is 34.8 Å². The van der Waals surface area contributed by atoms with Gasteiger partial charge in [0.2, 0.25) is 5.78 Å². The minimum atomic E-state index is -2.57. The van der Waals surface area contributed by atoms with Crippen molar-refractivity contribution in [2.24, 2.45) is 23.0 Å². The summed E-state index contributed by atoms with van der Waals surface area (Å²) in [6, 6.07) is 1.62. The molecule has 3 atom stereocenters. The summed E-state index contributed by atoms with van der Waals surface area (Å²) < 4.78 is 0. The number of anilines is 1. The second kappa shape index (κ2) is 10.4. The van der Waals surface area contributed by atoms with Gasteiger partial charge >= 0.3 is 0 Å². The van der Waals surface area contributed by atoms with E-state index in [4.69, 9.17) is 5.73 Å². The summed E-state index contributed by atoms with van der Waals surface area (Å²) in [6.07, 6.45) is 0.963. The highest BCUT2D eigenvalue weighted by Crippen LogP contribution is 2.53. The van der Waals surface area contributed by atoms with Crippen molar-refractivity contribution in [3.05, 3.63) is 39.7 Å². The number of carbonyl (C=O) groups is 3. The molecule has 1 saturated carbocycles. The number of nitrogens with zero attached hydrogens (tertiary/aromatic N) is 2. The zero-order chi connectivity index (χ0) is 31.7. The monoisotopic (exact) mass is 583 g/mol. The van der Waals surface area contributed by atoms with Crippen molar-refractivity contribution in [1.29, 1.82) is 0 Å². The molecule has 3 aliphatic rings. The zero-order valence-corrected chi connectivity index (χ0v) is 26.0. The highest BCUT2D eigenvalue weighted by Gasteiger charge is 2.60. The van der Waals surface area contributed by atoms with E-state index in [0.717, 1.165) is 24.2 Å². The summed E-state index contributed by atoms with van der Waals surface area (Å²) in [6.45, 7) is 14.5. The molecule has 1 amide bonds. The first-order valence-electron chi connectivity index (χ1n) is 14.5. The van der Waals surface area contributed by atoms with Gasteiger partial charge in [-0.05, 0) is 68.2 Å². The second-order valence-electron chi connectivity index (χ2n) is 14.1. The van der Waals surface area contributed by atoms with Gasteiger partial charge in [-0.3, -0.25) is 19.3 Å². The summed E-state index contributed by atoms with van der Waals surface area (Å²) >= 11 is 0. The van der Waals surface area contributed by atoms with Crippen LogP contribution < -0.4 is 10.6 Å². The summed E-state index contributed by atoms with van der Waals surface area (Å²) in [4.78, 5) is 42.6. The lowest BCUT2D eigenvalue weighted by atomic mass is 9.59. The Morgan fingerprint density at radius 3 is 2.24 bits per heavy atom. The van der Waals surface area contributed by atoms with Gasteiger partial charge in [-0.15, -0.1) is 0 Å². The highest BCUT2D eigenvalue weighted by molar-refractivity contribution is 6.22. The Morgan fingerprint density at radius 2 is 1.71 bits per heavy atom. The lowest BCUT2D eigenvalue weighted by Crippen LogP contribution is -2.58. The zero-order valence-electron chi connectivity index (χ0n) is 26.0. The SMILES string of the molecule is CCN(Cc1cc(O)c2c(c1N(C)C)CC1C[C@H]3CC(=O)C(C(N)=O)=C(O)[C@@]3(O)C(=O)C1=C2O)C(C)(C)CC(C)(C)C. The predicted octanol–water partition coefficient (Wildman–Crippen LogP) is 3.53. The second-order valence-corrected chi connectivity index (χ2v) is 14.1. The Hall–Kier alpha value is -3.37. The molecular weight excluding hydrogens is 538 g/mol. The first-order valence-corrected chi connectivity index (χ1v) is 14.5. The number of aliphatic hydroxyl groups is 3. The van der Waals surface area contributed by atoms with Gasteiger partial charge in [0.1, 0.15) is 22.8 Å². The van der Waals surface area contributed by atoms with Gasteiger partial charge in [-0.2, -0.15) is 0 Å². The number of hydrogen-bond donors (Lipinski definition) is 5. The Kier molecular flexibility index (Phi) is 7.83. The molecule has 1 aromatic carbocycles. The number of ketones is 2. The fraction of sp³-hybridized carbons (Fsp3) is 0.594. The maximum atomic E-state index is 13.8. The van der Waals surface area contributed by atoms with E-state index in [9.17, 15) is 34.8 Å². The maximum absolute atomic E-state index is 13.8. The molecule has 0 bridgehead atoms. The fourth-order valence-corrected chi connectivity index (χ4v) is 7.79. The molecular formula is C32H45N3O7. The number of phenols is 1. The van der Waals surface area contributed by atoms with E-state index in [0.29, 0.717) is 12.1 Å². The number of carbonyl (C=O) groups excluding carboxylic acids is 3. The van der Waals surface area contributed by atoms with Gasteiger partial charge in [0.15, 0.2) is 11.4 Å². The molecule has 3 aliphatic carbocycles. The normalized spacial score (nSPS) is 24.5. The van der Waals surface area contributed by atoms with Crippen LogP contribution in [0.2, 0.25) is 0 Å². The molecule has 1 fully saturated rings. The van der Waals surface area contributed by atoms with E-state index < -0.39 is 52.0 Å². The minimum absolute atomic E-state index is 0.0977. The molecule has 0 heterocycles. The quantitative estimate of drug-likeness (QED) is 0.302. The lowest BCUT2D eigenvalue weighted by molar-refractivity contribution is -0.147. The average molecular weight is 584 g/mol. The number of phenolic OH excluding ortho intramolecular Hbond substituents is 1. The van der Waals surface area contributed by atoms with Crippen LogP contribution in [-0.4, -0.2) is 74.6 Å². The van der Waals surface area contributed by atoms with Crippen LogP contribution in [0.1, 0.15) is 77.5 Å². The third-order valence-corrected chi connectivity index (χ3v) is 9.12. The Labute approximate surface area is 247 Å². The van der Waals surface area contributed by atoms with Gasteiger partial charge in [-0.1, -0.05) is 27.7 Å². The van der Waals surface area contributed by atoms with Crippen LogP contribution in [-0.2, 0) is 27.3 Å². The number of primary amides is 1. The number of benzene rings is 1. The van der Waals surface area contributed by atoms with E-state index >= 15 is 0 Å². The molecule has 6 N–H and O–H groups in total. The topological polar surface area (TPSA) is 165 Å². The summed E-state index contributed by atoms with van der Waals surface area (Å²) in [7, 11) is 3.78. The molecule has 1 aromatic rings. The van der Waals surface area contributed by atoms with Crippen molar-refractivity contribution in [1.82, 2.24) is 4.90 Å². The van der Waals surface area contributed by atoms with Crippen molar-refractivity contribution in [2.75, 3.05) is 25.5 Å². The van der Waals surface area contributed by atoms with Crippen molar-refractivity contribution in [3.63, 3.8) is 0 Å². The molecule has 42 heavy (non-hydrogen) atoms. The summed E-state index contributed by atoms with van der Waals surface area (Å²) in [5.41, 5.74) is 4.19. The number of aromatic hydroxyl groups is 1. The number of rotatable bonds is 7. The maximum Gasteiger partial charge on any atom is 0.255 e. The third kappa shape index (κ3) is 4.98. The molecule has 4 rings (SSSR count). The molecule has 0 saturated heterocycles. The van der Waals surface area contributed by atoms with E-state index in [1.165, 1.54) is 0 Å². The van der Waals surface area contributed by atoms with Gasteiger partial charge in [0.05, 0.1) is 5.56 Å². The average Bonchev–Trinajstić information content (AvgIpc) is 2.82. The van der Waals surface area contributed by atoms with Crippen LogP contribution in [0.5, 0.6) is 5.75 Å². The number of Topliss-reactive ketones (excluding diaryl/α,β-unsaturated/α-hetero) is 2. The molecule has 230 valence electrons. The Balaban J connectivity index is 1.86. The van der Waals surface area contributed by atoms with E-state index in [1.807, 2.05) is 19.0 Å². The summed E-state index contributed by atoms with van der Waals surface area (Å²) in [5, 5.41) is 45.1. The molecule has 10 heteroatoms. The van der Waals surface area contributed by atoms with E-state index in [2.05, 4.69) is 46.4 Å². The van der Waals surface area contributed by atoms with Crippen molar-refractivity contribution in [3.8, 4) is 5.75 Å². The molecule has 1 unspecified atom stereocenters. The molecule has 0 radical (unpaired) electrons. The standard InChI is InChI=1S/C32H45N3O7/c1-9-35(31(5,6)15-30(2,3)4)14-17-12-20(36)23-19(25(17)34(7)8)11-16-10-18-13-21(37)24(29(33)41)28(40)32(18,42)27(39)22(16)26(23)38/h12,16,18,36,38,40,42H,9-11,13-15H2,1-8H3,(H2,33,41)/t16?,18-,32-/m0/s1. The van der Waals surface area contributed by atoms with Gasteiger partial charge < -0.3 is 31.1 Å². The van der Waals surface area contributed by atoms with Crippen molar-refractivity contribution in [2.45, 2.75) is 84.9 Å². The molecule has 0 aromatic heterocycles. The van der Waals surface area contributed by atoms with Crippen LogP contribution in [0.15, 0.2) is 23.0 Å². The lowest BCUT2D eigenvalue weighted by Gasteiger charge is -2.46.